The summed E-state index contributed by atoms with van der Waals surface area (Å²) < 4.78 is 36.7. The van der Waals surface area contributed by atoms with Crippen LogP contribution in [-0.2, 0) is 14.9 Å². The third-order valence-corrected chi connectivity index (χ3v) is 5.58. The van der Waals surface area contributed by atoms with Gasteiger partial charge in [-0.15, -0.1) is 0 Å². The molecule has 1 N–H and O–H groups in total. The van der Waals surface area contributed by atoms with Gasteiger partial charge in [-0.3, -0.25) is 4.55 Å². The molecule has 156 valence electrons. The summed E-state index contributed by atoms with van der Waals surface area (Å²) in [6.45, 7) is 9.22. The van der Waals surface area contributed by atoms with Gasteiger partial charge in [0.15, 0.2) is 0 Å². The van der Waals surface area contributed by atoms with E-state index in [0.29, 0.717) is 25.0 Å². The quantitative estimate of drug-likeness (QED) is 0.406. The van der Waals surface area contributed by atoms with E-state index in [1.807, 2.05) is 0 Å². The van der Waals surface area contributed by atoms with Crippen LogP contribution in [0.3, 0.4) is 0 Å². The molecule has 0 fully saturated rings. The Morgan fingerprint density at radius 1 is 1.00 bits per heavy atom. The Morgan fingerprint density at radius 3 is 2.00 bits per heavy atom. The van der Waals surface area contributed by atoms with E-state index in [1.165, 1.54) is 4.90 Å². The summed E-state index contributed by atoms with van der Waals surface area (Å²) in [6, 6.07) is 0. The fourth-order valence-corrected chi connectivity index (χ4v) is 3.34. The number of amides is 1. The Balaban J connectivity index is 4.80. The highest BCUT2D eigenvalue weighted by molar-refractivity contribution is 7.85. The molecule has 0 saturated carbocycles. The Hall–Kier alpha value is -0.820. The minimum absolute atomic E-state index is 0.0357. The van der Waals surface area contributed by atoms with Crippen LogP contribution in [0, 0.1) is 11.8 Å². The number of nitrogens with zero attached hydrogens (tertiary/aromatic N) is 1. The molecule has 0 aliphatic carbocycles. The summed E-state index contributed by atoms with van der Waals surface area (Å²) in [6.07, 6.45) is 7.80. The average Bonchev–Trinajstić information content (AvgIpc) is 2.60. The molecule has 0 aromatic heterocycles. The second kappa shape index (κ2) is 14.3. The van der Waals surface area contributed by atoms with Crippen molar-refractivity contribution in [2.45, 2.75) is 79.1 Å². The van der Waals surface area contributed by atoms with Crippen molar-refractivity contribution in [1.29, 1.82) is 0 Å². The van der Waals surface area contributed by atoms with Crippen molar-refractivity contribution < 1.29 is 22.5 Å². The first-order chi connectivity index (χ1) is 12.3. The van der Waals surface area contributed by atoms with Crippen LogP contribution in [0.15, 0.2) is 0 Å². The lowest BCUT2D eigenvalue weighted by molar-refractivity contribution is 0.0805. The molecule has 0 heterocycles. The zero-order valence-corrected chi connectivity index (χ0v) is 17.9. The van der Waals surface area contributed by atoms with E-state index in [-0.39, 0.29) is 6.54 Å². The molecular weight excluding hydrogens is 354 g/mol. The fourth-order valence-electron chi connectivity index (χ4n) is 2.89. The average molecular weight is 394 g/mol. The zero-order valence-electron chi connectivity index (χ0n) is 17.1. The molecule has 0 bridgehead atoms. The van der Waals surface area contributed by atoms with E-state index in [9.17, 15) is 13.2 Å². The van der Waals surface area contributed by atoms with Gasteiger partial charge in [-0.25, -0.2) is 4.79 Å². The van der Waals surface area contributed by atoms with Crippen molar-refractivity contribution in [3.8, 4) is 0 Å². The van der Waals surface area contributed by atoms with Gasteiger partial charge in [0.1, 0.15) is 0 Å². The number of ether oxygens (including phenoxy) is 1. The Morgan fingerprint density at radius 2 is 1.54 bits per heavy atom. The summed E-state index contributed by atoms with van der Waals surface area (Å²) in [5, 5.41) is 0. The van der Waals surface area contributed by atoms with Crippen LogP contribution in [-0.4, -0.2) is 49.4 Å². The molecule has 26 heavy (non-hydrogen) atoms. The third-order valence-electron chi connectivity index (χ3n) is 4.89. The fraction of sp³-hybridized carbons (Fsp3) is 0.947. The van der Waals surface area contributed by atoms with Gasteiger partial charge < -0.3 is 9.64 Å². The van der Waals surface area contributed by atoms with Crippen molar-refractivity contribution in [2.75, 3.05) is 25.4 Å². The van der Waals surface area contributed by atoms with E-state index in [1.54, 1.807) is 0 Å². The Kier molecular flexibility index (Phi) is 13.8. The molecule has 2 atom stereocenters. The number of unbranched alkanes of at least 4 members (excludes halogenated alkanes) is 2. The molecule has 0 radical (unpaired) electrons. The molecule has 0 aliphatic heterocycles. The van der Waals surface area contributed by atoms with E-state index >= 15 is 0 Å². The summed E-state index contributed by atoms with van der Waals surface area (Å²) in [5.74, 6) is 0.189. The van der Waals surface area contributed by atoms with Crippen molar-refractivity contribution in [3.63, 3.8) is 0 Å². The maximum Gasteiger partial charge on any atom is 0.409 e. The standard InChI is InChI=1S/C19H39NO5S/c1-5-9-11-17(7-3)15-20(13-14-26(22,23)24)19(21)25-16-18(8-4)12-10-6-2/h17-18H,5-16H2,1-4H3,(H,22,23,24). The predicted molar refractivity (Wildman–Crippen MR) is 106 cm³/mol. The van der Waals surface area contributed by atoms with Crippen molar-refractivity contribution >= 4 is 16.2 Å². The molecule has 0 aliphatic rings. The summed E-state index contributed by atoms with van der Waals surface area (Å²) in [4.78, 5) is 14.0. The predicted octanol–water partition coefficient (Wildman–Crippen LogP) is 4.75. The molecule has 0 rings (SSSR count). The van der Waals surface area contributed by atoms with E-state index in [0.717, 1.165) is 51.4 Å². The number of hydrogen-bond acceptors (Lipinski definition) is 4. The lowest BCUT2D eigenvalue weighted by Gasteiger charge is -2.27. The summed E-state index contributed by atoms with van der Waals surface area (Å²) in [5.41, 5.74) is 0. The van der Waals surface area contributed by atoms with E-state index in [2.05, 4.69) is 27.7 Å². The van der Waals surface area contributed by atoms with Crippen LogP contribution in [0.2, 0.25) is 0 Å². The highest BCUT2D eigenvalue weighted by Crippen LogP contribution is 2.17. The first-order valence-corrected chi connectivity index (χ1v) is 11.7. The number of hydrogen-bond donors (Lipinski definition) is 1. The van der Waals surface area contributed by atoms with Gasteiger partial charge in [0.2, 0.25) is 0 Å². The minimum Gasteiger partial charge on any atom is -0.449 e. The molecule has 7 heteroatoms. The van der Waals surface area contributed by atoms with Gasteiger partial charge in [0, 0.05) is 13.1 Å². The van der Waals surface area contributed by atoms with Crippen LogP contribution in [0.1, 0.15) is 79.1 Å². The van der Waals surface area contributed by atoms with Crippen molar-refractivity contribution in [1.82, 2.24) is 4.90 Å². The van der Waals surface area contributed by atoms with E-state index < -0.39 is 22.0 Å². The maximum atomic E-state index is 12.5. The zero-order chi connectivity index (χ0) is 20.0. The van der Waals surface area contributed by atoms with Crippen LogP contribution in [0.25, 0.3) is 0 Å². The van der Waals surface area contributed by atoms with Crippen molar-refractivity contribution in [3.05, 3.63) is 0 Å². The highest BCUT2D eigenvalue weighted by atomic mass is 32.2. The van der Waals surface area contributed by atoms with Crippen molar-refractivity contribution in [2.24, 2.45) is 11.8 Å². The number of carbonyl (C=O) groups excluding carboxylic acids is 1. The highest BCUT2D eigenvalue weighted by Gasteiger charge is 2.22. The first kappa shape index (κ1) is 25.2. The lowest BCUT2D eigenvalue weighted by atomic mass is 9.99. The second-order valence-corrected chi connectivity index (χ2v) is 8.71. The molecule has 0 aromatic carbocycles. The Bertz CT molecular complexity index is 467. The van der Waals surface area contributed by atoms with Gasteiger partial charge in [-0.05, 0) is 24.7 Å². The smallest absolute Gasteiger partial charge is 0.409 e. The molecule has 0 saturated heterocycles. The molecule has 0 aromatic rings. The van der Waals surface area contributed by atoms with Gasteiger partial charge in [0.25, 0.3) is 10.1 Å². The van der Waals surface area contributed by atoms with Gasteiger partial charge in [0.05, 0.1) is 12.4 Å². The third kappa shape index (κ3) is 12.5. The molecule has 6 nitrogen and oxygen atoms in total. The maximum absolute atomic E-state index is 12.5. The molecule has 1 amide bonds. The molecular formula is C19H39NO5S. The topological polar surface area (TPSA) is 83.9 Å². The lowest BCUT2D eigenvalue weighted by Crippen LogP contribution is -2.39. The summed E-state index contributed by atoms with van der Waals surface area (Å²) in [7, 11) is -4.11. The monoisotopic (exact) mass is 393 g/mol. The number of carbonyl (C=O) groups is 1. The van der Waals surface area contributed by atoms with Gasteiger partial charge in [-0.1, -0.05) is 66.2 Å². The second-order valence-electron chi connectivity index (χ2n) is 7.14. The van der Waals surface area contributed by atoms with Gasteiger partial charge in [-0.2, -0.15) is 8.42 Å². The Labute approximate surface area is 160 Å². The largest absolute Gasteiger partial charge is 0.449 e. The molecule has 2 unspecified atom stereocenters. The number of rotatable bonds is 15. The van der Waals surface area contributed by atoms with Crippen LogP contribution in [0.4, 0.5) is 4.79 Å². The van der Waals surface area contributed by atoms with Crippen LogP contribution in [0.5, 0.6) is 0 Å². The van der Waals surface area contributed by atoms with Crippen LogP contribution < -0.4 is 0 Å². The molecule has 0 spiro atoms. The normalized spacial score (nSPS) is 14.0. The van der Waals surface area contributed by atoms with Gasteiger partial charge >= 0.3 is 6.09 Å². The first-order valence-electron chi connectivity index (χ1n) is 10.1. The minimum atomic E-state index is -4.11. The summed E-state index contributed by atoms with van der Waals surface area (Å²) >= 11 is 0. The van der Waals surface area contributed by atoms with Crippen LogP contribution >= 0.6 is 0 Å². The SMILES string of the molecule is CCCCC(CC)COC(=O)N(CCS(=O)(=O)O)CC(CC)CCCC. The van der Waals surface area contributed by atoms with E-state index in [4.69, 9.17) is 9.29 Å².